The molecule has 0 bridgehead atoms. The van der Waals surface area contributed by atoms with Crippen LogP contribution in [-0.4, -0.2) is 40.9 Å². The molecule has 2 fully saturated rings. The minimum Gasteiger partial charge on any atom is -0.466 e. The lowest BCUT2D eigenvalue weighted by Gasteiger charge is -2.32. The molecule has 8 nitrogen and oxygen atoms in total. The first-order chi connectivity index (χ1) is 12.4. The van der Waals surface area contributed by atoms with Crippen LogP contribution < -0.4 is 5.32 Å². The number of hydrogen-bond donors (Lipinski definition) is 1. The summed E-state index contributed by atoms with van der Waals surface area (Å²) in [5.74, 6) is -0.881. The normalized spacial score (nSPS) is 29.5. The van der Waals surface area contributed by atoms with E-state index >= 15 is 0 Å². The summed E-state index contributed by atoms with van der Waals surface area (Å²) in [4.78, 5) is 38.5. The summed E-state index contributed by atoms with van der Waals surface area (Å²) in [6.45, 7) is 4.50. The van der Waals surface area contributed by atoms with Crippen molar-refractivity contribution in [1.82, 2.24) is 4.90 Å². The van der Waals surface area contributed by atoms with Gasteiger partial charge in [-0.3, -0.25) is 24.6 Å². The number of fused-ring (bicyclic) bond motifs is 4. The number of rotatable bonds is 3. The van der Waals surface area contributed by atoms with E-state index in [1.54, 1.807) is 13.8 Å². The molecule has 0 saturated carbocycles. The van der Waals surface area contributed by atoms with E-state index in [-0.39, 0.29) is 23.6 Å². The molecular weight excluding hydrogens is 338 g/mol. The lowest BCUT2D eigenvalue weighted by atomic mass is 9.83. The standard InChI is InChI=1S/C18H21N3O5/c1-3-26-16(22)12-9-18(20-6-4-5-14(12)20)13-8-11(21(24)25)7-10(2)15(13)19-17(18)23/h7-8,12,14H,3-6,9H2,1-2H3,(H,19,23)/t12-,14+,18-/m1/s1. The van der Waals surface area contributed by atoms with Crippen LogP contribution in [0.2, 0.25) is 0 Å². The van der Waals surface area contributed by atoms with Gasteiger partial charge in [0.05, 0.1) is 17.4 Å². The van der Waals surface area contributed by atoms with E-state index in [2.05, 4.69) is 10.2 Å². The topological polar surface area (TPSA) is 102 Å². The Labute approximate surface area is 150 Å². The van der Waals surface area contributed by atoms with Crippen molar-refractivity contribution in [3.63, 3.8) is 0 Å². The fourth-order valence-corrected chi connectivity index (χ4v) is 4.94. The number of benzene rings is 1. The predicted octanol–water partition coefficient (Wildman–Crippen LogP) is 2.10. The number of nitrogens with zero attached hydrogens (tertiary/aromatic N) is 2. The van der Waals surface area contributed by atoms with Crippen LogP contribution in [0.5, 0.6) is 0 Å². The maximum Gasteiger partial charge on any atom is 0.310 e. The van der Waals surface area contributed by atoms with Gasteiger partial charge in [-0.15, -0.1) is 0 Å². The van der Waals surface area contributed by atoms with Gasteiger partial charge in [-0.25, -0.2) is 0 Å². The highest BCUT2D eigenvalue weighted by Crippen LogP contribution is 2.55. The van der Waals surface area contributed by atoms with Gasteiger partial charge >= 0.3 is 5.97 Å². The second-order valence-electron chi connectivity index (χ2n) is 7.22. The molecule has 0 aliphatic carbocycles. The molecule has 3 heterocycles. The van der Waals surface area contributed by atoms with Crippen LogP contribution in [-0.2, 0) is 19.9 Å². The van der Waals surface area contributed by atoms with Gasteiger partial charge in [-0.05, 0) is 45.2 Å². The summed E-state index contributed by atoms with van der Waals surface area (Å²) in [7, 11) is 0. The largest absolute Gasteiger partial charge is 0.466 e. The van der Waals surface area contributed by atoms with Gasteiger partial charge in [0, 0.05) is 29.4 Å². The Balaban J connectivity index is 1.86. The van der Waals surface area contributed by atoms with Crippen molar-refractivity contribution >= 4 is 23.3 Å². The van der Waals surface area contributed by atoms with E-state index < -0.39 is 16.4 Å². The van der Waals surface area contributed by atoms with E-state index in [1.165, 1.54) is 12.1 Å². The number of non-ortho nitro benzene ring substituents is 1. The predicted molar refractivity (Wildman–Crippen MR) is 92.6 cm³/mol. The molecule has 1 amide bonds. The van der Waals surface area contributed by atoms with Gasteiger partial charge in [0.2, 0.25) is 5.91 Å². The average molecular weight is 359 g/mol. The molecule has 3 aliphatic heterocycles. The number of carbonyl (C=O) groups is 2. The minimum atomic E-state index is -1.02. The molecule has 3 atom stereocenters. The Hall–Kier alpha value is -2.48. The maximum absolute atomic E-state index is 13.1. The number of nitro groups is 1. The van der Waals surface area contributed by atoms with Gasteiger partial charge in [0.25, 0.3) is 5.69 Å². The Bertz CT molecular complexity index is 823. The van der Waals surface area contributed by atoms with Crippen LogP contribution in [0.4, 0.5) is 11.4 Å². The van der Waals surface area contributed by atoms with Crippen molar-refractivity contribution in [1.29, 1.82) is 0 Å². The fraction of sp³-hybridized carbons (Fsp3) is 0.556. The van der Waals surface area contributed by atoms with Crippen molar-refractivity contribution in [2.45, 2.75) is 44.7 Å². The third-order valence-electron chi connectivity index (χ3n) is 5.95. The molecular formula is C18H21N3O5. The summed E-state index contributed by atoms with van der Waals surface area (Å²) in [6.07, 6.45) is 2.01. The van der Waals surface area contributed by atoms with Crippen LogP contribution in [0, 0.1) is 23.0 Å². The molecule has 0 radical (unpaired) electrons. The zero-order chi connectivity index (χ0) is 18.6. The molecule has 1 spiro atoms. The number of aryl methyl sites for hydroxylation is 1. The Morgan fingerprint density at radius 3 is 2.96 bits per heavy atom. The molecule has 0 aromatic heterocycles. The number of esters is 1. The summed E-state index contributed by atoms with van der Waals surface area (Å²) in [5.41, 5.74) is 0.857. The zero-order valence-corrected chi connectivity index (χ0v) is 14.8. The first-order valence-corrected chi connectivity index (χ1v) is 8.94. The van der Waals surface area contributed by atoms with Gasteiger partial charge < -0.3 is 10.1 Å². The number of carbonyl (C=O) groups excluding carboxylic acids is 2. The van der Waals surface area contributed by atoms with Gasteiger partial charge in [0.1, 0.15) is 5.54 Å². The van der Waals surface area contributed by atoms with E-state index in [4.69, 9.17) is 4.74 Å². The summed E-state index contributed by atoms with van der Waals surface area (Å²) < 4.78 is 5.24. The number of nitro benzene ring substituents is 1. The van der Waals surface area contributed by atoms with Crippen LogP contribution in [0.1, 0.15) is 37.3 Å². The van der Waals surface area contributed by atoms with Crippen molar-refractivity contribution in [2.24, 2.45) is 5.92 Å². The van der Waals surface area contributed by atoms with Gasteiger partial charge in [-0.1, -0.05) is 0 Å². The minimum absolute atomic E-state index is 0.0348. The monoisotopic (exact) mass is 359 g/mol. The SMILES string of the molecule is CCOC(=O)[C@@H]1C[C@@]2(C(=O)Nc3c(C)cc([N+](=O)[O-])cc32)N2CCC[C@@H]12. The lowest BCUT2D eigenvalue weighted by Crippen LogP contribution is -2.47. The highest BCUT2D eigenvalue weighted by atomic mass is 16.6. The number of anilines is 1. The van der Waals surface area contributed by atoms with Crippen molar-refractivity contribution < 1.29 is 19.2 Å². The molecule has 26 heavy (non-hydrogen) atoms. The molecule has 1 aromatic carbocycles. The lowest BCUT2D eigenvalue weighted by molar-refractivity contribution is -0.385. The summed E-state index contributed by atoms with van der Waals surface area (Å²) in [6, 6.07) is 2.89. The second-order valence-corrected chi connectivity index (χ2v) is 7.22. The number of hydrogen-bond acceptors (Lipinski definition) is 6. The molecule has 138 valence electrons. The van der Waals surface area contributed by atoms with Crippen molar-refractivity contribution in [2.75, 3.05) is 18.5 Å². The molecule has 1 N–H and O–H groups in total. The Morgan fingerprint density at radius 2 is 2.27 bits per heavy atom. The Kier molecular flexibility index (Phi) is 3.76. The summed E-state index contributed by atoms with van der Waals surface area (Å²) in [5, 5.41) is 14.2. The van der Waals surface area contributed by atoms with E-state index in [9.17, 15) is 19.7 Å². The van der Waals surface area contributed by atoms with Gasteiger partial charge in [-0.2, -0.15) is 0 Å². The number of nitrogens with one attached hydrogen (secondary N) is 1. The maximum atomic E-state index is 13.1. The van der Waals surface area contributed by atoms with E-state index in [1.807, 2.05) is 0 Å². The van der Waals surface area contributed by atoms with Crippen molar-refractivity contribution in [3.05, 3.63) is 33.4 Å². The molecule has 0 unspecified atom stereocenters. The Morgan fingerprint density at radius 1 is 1.50 bits per heavy atom. The summed E-state index contributed by atoms with van der Waals surface area (Å²) >= 11 is 0. The first kappa shape index (κ1) is 17.0. The third-order valence-corrected chi connectivity index (χ3v) is 5.95. The number of amides is 1. The molecule has 1 aromatic rings. The fourth-order valence-electron chi connectivity index (χ4n) is 4.94. The second kappa shape index (κ2) is 5.77. The van der Waals surface area contributed by atoms with E-state index in [0.29, 0.717) is 36.4 Å². The molecule has 8 heteroatoms. The van der Waals surface area contributed by atoms with Crippen LogP contribution in [0.3, 0.4) is 0 Å². The quantitative estimate of drug-likeness (QED) is 0.504. The van der Waals surface area contributed by atoms with Crippen molar-refractivity contribution in [3.8, 4) is 0 Å². The third kappa shape index (κ3) is 2.11. The van der Waals surface area contributed by atoms with Crippen LogP contribution >= 0.6 is 0 Å². The van der Waals surface area contributed by atoms with Crippen LogP contribution in [0.15, 0.2) is 12.1 Å². The number of ether oxygens (including phenoxy) is 1. The molecule has 2 saturated heterocycles. The van der Waals surface area contributed by atoms with E-state index in [0.717, 1.165) is 12.8 Å². The smallest absolute Gasteiger partial charge is 0.310 e. The van der Waals surface area contributed by atoms with Crippen LogP contribution in [0.25, 0.3) is 0 Å². The highest BCUT2D eigenvalue weighted by molar-refractivity contribution is 6.07. The average Bonchev–Trinajstić information content (AvgIpc) is 3.24. The molecule has 3 aliphatic rings. The van der Waals surface area contributed by atoms with Gasteiger partial charge in [0.15, 0.2) is 0 Å². The highest BCUT2D eigenvalue weighted by Gasteiger charge is 2.63. The zero-order valence-electron chi connectivity index (χ0n) is 14.8. The first-order valence-electron chi connectivity index (χ1n) is 8.94. The molecule has 4 rings (SSSR count).